The molecule has 0 saturated carbocycles. The minimum Gasteiger partial charge on any atom is -0.367 e. The standard InChI is InChI=1S/C24H28ClN7O2S2/c1-13(2)16-6-7-19(32-10-15(14(32)3)12-36(5,33)34)17-8-27-24(29-21(16)17)28-20-9-26-23(35-20)18-11-31(4)30-22(18)25/h6-9,11,13-15H,10,12H2,1-5H3,(H,27,28,29)/t14-,15-/m1/s1. The number of nitrogens with one attached hydrogen (secondary N) is 1. The first-order valence-electron chi connectivity index (χ1n) is 11.7. The van der Waals surface area contributed by atoms with Gasteiger partial charge in [0.05, 0.1) is 23.0 Å². The maximum absolute atomic E-state index is 11.8. The van der Waals surface area contributed by atoms with Crippen molar-refractivity contribution in [3.8, 4) is 10.6 Å². The number of hydrogen-bond acceptors (Lipinski definition) is 9. The number of fused-ring (bicyclic) bond motifs is 1. The molecular formula is C24H28ClN7O2S2. The van der Waals surface area contributed by atoms with E-state index in [1.807, 2.05) is 19.4 Å². The van der Waals surface area contributed by atoms with Crippen molar-refractivity contribution < 1.29 is 8.42 Å². The highest BCUT2D eigenvalue weighted by atomic mass is 35.5. The van der Waals surface area contributed by atoms with Crippen molar-refractivity contribution in [1.82, 2.24) is 24.7 Å². The van der Waals surface area contributed by atoms with Crippen LogP contribution in [0.3, 0.4) is 0 Å². The zero-order valence-electron chi connectivity index (χ0n) is 20.7. The summed E-state index contributed by atoms with van der Waals surface area (Å²) in [6.07, 6.45) is 6.73. The second kappa shape index (κ2) is 9.28. The van der Waals surface area contributed by atoms with Gasteiger partial charge in [0, 0.05) is 55.3 Å². The van der Waals surface area contributed by atoms with Crippen molar-refractivity contribution in [3.63, 3.8) is 0 Å². The molecule has 1 N–H and O–H groups in total. The largest absolute Gasteiger partial charge is 0.367 e. The molecule has 0 radical (unpaired) electrons. The molecule has 0 unspecified atom stereocenters. The Hall–Kier alpha value is -2.76. The first-order chi connectivity index (χ1) is 17.0. The molecule has 0 spiro atoms. The van der Waals surface area contributed by atoms with E-state index in [1.165, 1.54) is 17.6 Å². The number of nitrogens with zero attached hydrogens (tertiary/aromatic N) is 6. The molecule has 1 aliphatic rings. The molecule has 0 amide bonds. The first-order valence-corrected chi connectivity index (χ1v) is 14.9. The molecule has 0 aliphatic carbocycles. The zero-order valence-corrected chi connectivity index (χ0v) is 23.1. The predicted molar refractivity (Wildman–Crippen MR) is 146 cm³/mol. The van der Waals surface area contributed by atoms with Gasteiger partial charge < -0.3 is 10.2 Å². The SMILES string of the molecule is CC(C)c1ccc(N2C[C@H](CS(C)(=O)=O)[C@H]2C)c2cnc(Nc3cnc(-c4cn(C)nc4Cl)s3)nc12. The lowest BCUT2D eigenvalue weighted by Gasteiger charge is -2.48. The molecule has 9 nitrogen and oxygen atoms in total. The van der Waals surface area contributed by atoms with Gasteiger partial charge in [0.1, 0.15) is 19.8 Å². The Labute approximate surface area is 219 Å². The van der Waals surface area contributed by atoms with Crippen LogP contribution in [0.15, 0.2) is 30.7 Å². The van der Waals surface area contributed by atoms with Crippen LogP contribution >= 0.6 is 22.9 Å². The Bertz CT molecular complexity index is 1550. The number of aromatic nitrogens is 5. The van der Waals surface area contributed by atoms with E-state index in [0.717, 1.165) is 37.7 Å². The number of sulfone groups is 1. The lowest BCUT2D eigenvalue weighted by atomic mass is 9.89. The van der Waals surface area contributed by atoms with Gasteiger partial charge in [-0.1, -0.05) is 42.9 Å². The van der Waals surface area contributed by atoms with Gasteiger partial charge >= 0.3 is 0 Å². The first kappa shape index (κ1) is 24.9. The van der Waals surface area contributed by atoms with Crippen LogP contribution in [0.4, 0.5) is 16.6 Å². The molecule has 4 heterocycles. The van der Waals surface area contributed by atoms with Gasteiger partial charge in [-0.05, 0) is 24.5 Å². The molecule has 4 aromatic rings. The van der Waals surface area contributed by atoms with Gasteiger partial charge in [-0.15, -0.1) is 0 Å². The predicted octanol–water partition coefficient (Wildman–Crippen LogP) is 4.88. The third kappa shape index (κ3) is 4.79. The molecule has 3 aromatic heterocycles. The molecule has 5 rings (SSSR count). The Balaban J connectivity index is 1.45. The fourth-order valence-electron chi connectivity index (χ4n) is 4.66. The number of aryl methyl sites for hydroxylation is 1. The van der Waals surface area contributed by atoms with E-state index in [4.69, 9.17) is 16.6 Å². The number of rotatable bonds is 7. The maximum atomic E-state index is 11.8. The van der Waals surface area contributed by atoms with Crippen LogP contribution in [-0.2, 0) is 16.9 Å². The summed E-state index contributed by atoms with van der Waals surface area (Å²) in [6, 6.07) is 4.35. The number of thiazole rings is 1. The summed E-state index contributed by atoms with van der Waals surface area (Å²) in [5.74, 6) is 1.09. The molecule has 36 heavy (non-hydrogen) atoms. The third-order valence-corrected chi connectivity index (χ3v) is 8.83. The lowest BCUT2D eigenvalue weighted by molar-refractivity contribution is 0.342. The summed E-state index contributed by atoms with van der Waals surface area (Å²) in [4.78, 5) is 16.2. The molecule has 1 saturated heterocycles. The van der Waals surface area contributed by atoms with E-state index in [2.05, 4.69) is 58.2 Å². The van der Waals surface area contributed by atoms with Crippen molar-refractivity contribution in [2.75, 3.05) is 28.8 Å². The van der Waals surface area contributed by atoms with Crippen LogP contribution in [-0.4, -0.2) is 57.7 Å². The van der Waals surface area contributed by atoms with Gasteiger partial charge in [0.15, 0.2) is 5.15 Å². The highest BCUT2D eigenvalue weighted by Gasteiger charge is 2.38. The van der Waals surface area contributed by atoms with E-state index < -0.39 is 9.84 Å². The van der Waals surface area contributed by atoms with Crippen molar-refractivity contribution >= 4 is 60.3 Å². The van der Waals surface area contributed by atoms with E-state index >= 15 is 0 Å². The van der Waals surface area contributed by atoms with E-state index in [-0.39, 0.29) is 23.6 Å². The molecule has 0 bridgehead atoms. The quantitative estimate of drug-likeness (QED) is 0.350. The zero-order chi connectivity index (χ0) is 25.8. The Kier molecular flexibility index (Phi) is 6.42. The average Bonchev–Trinajstić information content (AvgIpc) is 3.39. The van der Waals surface area contributed by atoms with Crippen molar-refractivity contribution in [3.05, 3.63) is 41.4 Å². The highest BCUT2D eigenvalue weighted by Crippen LogP contribution is 2.39. The van der Waals surface area contributed by atoms with Crippen LogP contribution in [0.25, 0.3) is 21.5 Å². The van der Waals surface area contributed by atoms with Gasteiger partial charge in [0.2, 0.25) is 5.95 Å². The normalized spacial score (nSPS) is 18.1. The molecule has 1 aliphatic heterocycles. The summed E-state index contributed by atoms with van der Waals surface area (Å²) in [5, 5.41) is 10.4. The molecule has 2 atom stereocenters. The topological polar surface area (TPSA) is 106 Å². The summed E-state index contributed by atoms with van der Waals surface area (Å²) in [6.45, 7) is 7.06. The van der Waals surface area contributed by atoms with Crippen LogP contribution < -0.4 is 10.2 Å². The van der Waals surface area contributed by atoms with E-state index in [0.29, 0.717) is 17.6 Å². The van der Waals surface area contributed by atoms with Crippen LogP contribution in [0, 0.1) is 5.92 Å². The number of anilines is 3. The smallest absolute Gasteiger partial charge is 0.228 e. The van der Waals surface area contributed by atoms with Crippen molar-refractivity contribution in [1.29, 1.82) is 0 Å². The van der Waals surface area contributed by atoms with E-state index in [9.17, 15) is 8.42 Å². The average molecular weight is 546 g/mol. The van der Waals surface area contributed by atoms with Gasteiger partial charge in [-0.3, -0.25) is 4.68 Å². The van der Waals surface area contributed by atoms with Gasteiger partial charge in [-0.2, -0.15) is 5.10 Å². The fraction of sp³-hybridized carbons (Fsp3) is 0.417. The van der Waals surface area contributed by atoms with Crippen LogP contribution in [0.5, 0.6) is 0 Å². The second-order valence-electron chi connectivity index (χ2n) is 9.69. The third-order valence-electron chi connectivity index (χ3n) is 6.57. The van der Waals surface area contributed by atoms with Crippen molar-refractivity contribution in [2.24, 2.45) is 13.0 Å². The lowest BCUT2D eigenvalue weighted by Crippen LogP contribution is -2.57. The molecule has 1 fully saturated rings. The van der Waals surface area contributed by atoms with Gasteiger partial charge in [0.25, 0.3) is 0 Å². The second-order valence-corrected chi connectivity index (χ2v) is 13.3. The van der Waals surface area contributed by atoms with Crippen LogP contribution in [0.2, 0.25) is 5.15 Å². The molecule has 1 aromatic carbocycles. The Morgan fingerprint density at radius 2 is 2.03 bits per heavy atom. The maximum Gasteiger partial charge on any atom is 0.228 e. The minimum atomic E-state index is -3.01. The number of benzene rings is 1. The van der Waals surface area contributed by atoms with E-state index in [1.54, 1.807) is 10.9 Å². The summed E-state index contributed by atoms with van der Waals surface area (Å²) < 4.78 is 25.2. The number of halogens is 1. The fourth-order valence-corrected chi connectivity index (χ4v) is 6.96. The van der Waals surface area contributed by atoms with Crippen LogP contribution in [0.1, 0.15) is 32.3 Å². The Morgan fingerprint density at radius 3 is 2.67 bits per heavy atom. The number of hydrogen-bond donors (Lipinski definition) is 1. The minimum absolute atomic E-state index is 0.121. The Morgan fingerprint density at radius 1 is 1.25 bits per heavy atom. The summed E-state index contributed by atoms with van der Waals surface area (Å²) in [7, 11) is -1.19. The van der Waals surface area contributed by atoms with Gasteiger partial charge in [-0.25, -0.2) is 23.4 Å². The molecule has 12 heteroatoms. The monoisotopic (exact) mass is 545 g/mol. The highest BCUT2D eigenvalue weighted by molar-refractivity contribution is 7.90. The summed E-state index contributed by atoms with van der Waals surface area (Å²) >= 11 is 7.68. The summed E-state index contributed by atoms with van der Waals surface area (Å²) in [5.41, 5.74) is 3.83. The molecular weight excluding hydrogens is 518 g/mol. The van der Waals surface area contributed by atoms with Crippen molar-refractivity contribution in [2.45, 2.75) is 32.7 Å². The molecule has 190 valence electrons.